The van der Waals surface area contributed by atoms with Crippen LogP contribution < -0.4 is 74.0 Å². The second-order valence-corrected chi connectivity index (χ2v) is 37.4. The molecule has 5 rings (SSSR count). The van der Waals surface area contributed by atoms with Gasteiger partial charge in [0.05, 0.1) is 19.6 Å². The van der Waals surface area contributed by atoms with Crippen LogP contribution in [0.15, 0.2) is 0 Å². The standard InChI is InChI=1S/C82H142N18O16/c1-23-82(22,93-68(109)59-34-26-29-43-100(59)74(115)80(18,19)92-66(107)57-32-24-27-41-98(57)53(9)101)73(114)95-78(14,15)71(112)88-55(45-50(4)5)64(105)83-37-36-60(102)84-47-61(103)89-79(16,17)72(113)94-81(20,21)75(116)99-42-28-25-33-58(99)67(108)91-76(10,11)69(110)85-52(8)63(104)87-56(46-51(6)7)65(106)90-77(12,13)70(111)86-54(44-49(2)3)48-97-40-31-39-96-38-30-35-62(96)97/h49-52,54-59,62H,23-48H2,1-22H3,(H,83,105)(H,84,102)(H,85,110)(H,86,111)(H,87,104)(H,88,112)(H,89,103)(H,90,106)(H,91,108)(H,92,107)(H,93,109)(H,94,113)(H,95,114)/p+1. The van der Waals surface area contributed by atoms with Gasteiger partial charge < -0.3 is 88.7 Å². The highest BCUT2D eigenvalue weighted by Crippen LogP contribution is 2.28. The summed E-state index contributed by atoms with van der Waals surface area (Å²) >= 11 is 0. The lowest BCUT2D eigenvalue weighted by Gasteiger charge is -2.42. The molecule has 5 heterocycles. The largest absolute Gasteiger partial charge is 0.354 e. The van der Waals surface area contributed by atoms with Crippen molar-refractivity contribution in [2.75, 3.05) is 58.9 Å². The van der Waals surface area contributed by atoms with Gasteiger partial charge >= 0.3 is 0 Å². The topological polar surface area (TPSA) is 447 Å². The van der Waals surface area contributed by atoms with E-state index >= 15 is 0 Å². The smallest absolute Gasteiger partial charge is 0.248 e. The third kappa shape index (κ3) is 27.8. The van der Waals surface area contributed by atoms with E-state index in [0.29, 0.717) is 57.3 Å². The van der Waals surface area contributed by atoms with Crippen molar-refractivity contribution >= 4 is 94.5 Å². The van der Waals surface area contributed by atoms with Gasteiger partial charge in [0.25, 0.3) is 0 Å². The van der Waals surface area contributed by atoms with E-state index < -0.39 is 164 Å². The van der Waals surface area contributed by atoms with Crippen LogP contribution in [0.3, 0.4) is 0 Å². The molecule has 0 aromatic heterocycles. The average Bonchev–Trinajstić information content (AvgIpc) is 1.00. The van der Waals surface area contributed by atoms with Crippen molar-refractivity contribution in [2.24, 2.45) is 17.8 Å². The quantitative estimate of drug-likeness (QED) is 0.0394. The first-order chi connectivity index (χ1) is 53.7. The van der Waals surface area contributed by atoms with Crippen LogP contribution in [-0.2, 0) is 76.7 Å². The number of fused-ring (bicyclic) bond motifs is 1. The van der Waals surface area contributed by atoms with Gasteiger partial charge in [-0.25, -0.2) is 0 Å². The number of quaternary nitrogens is 1. The lowest BCUT2D eigenvalue weighted by atomic mass is 9.91. The molecule has 5 fully saturated rings. The summed E-state index contributed by atoms with van der Waals surface area (Å²) in [7, 11) is 0. The Morgan fingerprint density at radius 1 is 0.397 bits per heavy atom. The van der Waals surface area contributed by atoms with Gasteiger partial charge in [-0.1, -0.05) is 48.5 Å². The van der Waals surface area contributed by atoms with E-state index in [9.17, 15) is 76.7 Å². The number of piperidine rings is 3. The third-order valence-corrected chi connectivity index (χ3v) is 22.8. The molecule has 34 heteroatoms. The van der Waals surface area contributed by atoms with Crippen molar-refractivity contribution in [2.45, 2.75) is 349 Å². The van der Waals surface area contributed by atoms with E-state index in [0.717, 1.165) is 51.7 Å². The molecule has 16 amide bonds. The number of carbonyl (C=O) groups is 16. The Morgan fingerprint density at radius 3 is 1.36 bits per heavy atom. The Labute approximate surface area is 687 Å². The highest BCUT2D eigenvalue weighted by Gasteiger charge is 2.49. The van der Waals surface area contributed by atoms with Crippen LogP contribution in [0, 0.1) is 17.8 Å². The Balaban J connectivity index is 1.08. The number of rotatable bonds is 38. The molecule has 0 aliphatic carbocycles. The second kappa shape index (κ2) is 41.7. The molecule has 0 aromatic rings. The predicted octanol–water partition coefficient (Wildman–Crippen LogP) is 0.234. The van der Waals surface area contributed by atoms with E-state index in [1.807, 2.05) is 27.7 Å². The molecule has 0 radical (unpaired) electrons. The van der Waals surface area contributed by atoms with Gasteiger partial charge in [0.2, 0.25) is 94.5 Å². The maximum absolute atomic E-state index is 14.5. The molecule has 34 nitrogen and oxygen atoms in total. The van der Waals surface area contributed by atoms with Crippen molar-refractivity contribution < 1.29 is 81.6 Å². The van der Waals surface area contributed by atoms with Gasteiger partial charge in [0.1, 0.15) is 81.2 Å². The fourth-order valence-corrected chi connectivity index (χ4v) is 15.7. The molecule has 116 heavy (non-hydrogen) atoms. The van der Waals surface area contributed by atoms with Crippen LogP contribution in [0.5, 0.6) is 0 Å². The summed E-state index contributed by atoms with van der Waals surface area (Å²) in [6, 6.07) is -6.39. The molecule has 5 saturated heterocycles. The summed E-state index contributed by atoms with van der Waals surface area (Å²) in [6.07, 6.45) is 9.43. The number of amides is 16. The summed E-state index contributed by atoms with van der Waals surface area (Å²) < 4.78 is 0. The number of hydrogen-bond donors (Lipinski definition) is 14. The van der Waals surface area contributed by atoms with Crippen LogP contribution in [0.4, 0.5) is 0 Å². The van der Waals surface area contributed by atoms with Gasteiger partial charge in [-0.15, -0.1) is 0 Å². The van der Waals surface area contributed by atoms with E-state index in [1.165, 1.54) is 97.3 Å². The normalized spacial score (nSPS) is 20.7. The van der Waals surface area contributed by atoms with Crippen molar-refractivity contribution in [3.05, 3.63) is 0 Å². The molecular formula is C82H143N18O16+. The van der Waals surface area contributed by atoms with E-state index in [4.69, 9.17) is 0 Å². The zero-order valence-corrected chi connectivity index (χ0v) is 73.6. The van der Waals surface area contributed by atoms with Crippen molar-refractivity contribution in [3.8, 4) is 0 Å². The van der Waals surface area contributed by atoms with Crippen molar-refractivity contribution in [1.29, 1.82) is 0 Å². The Hall–Kier alpha value is -8.56. The van der Waals surface area contributed by atoms with Crippen LogP contribution in [0.1, 0.15) is 261 Å². The minimum atomic E-state index is -1.67. The molecule has 656 valence electrons. The second-order valence-electron chi connectivity index (χ2n) is 37.4. The SMILES string of the molecule is CCC(C)(NC(=O)C1CCCCN1C(=O)C(C)(C)NC(=O)C1CCCCN1C(C)=O)C(=O)NC(C)(C)C(=O)NC(CC(C)C)C(=O)NCCC(=O)NCC(=O)NC(C)(C)C(=O)NC(C)(C)C(=O)N1CCCCC1C(=O)NC(C)(C)C(=O)NC(C)C(=O)NC(CC(C)C)C(=O)NC(C)(C)C(=O)NC(CC(C)C)CN1CCC[NH+]2CCCC12. The molecule has 5 aliphatic rings. The van der Waals surface area contributed by atoms with Crippen LogP contribution in [0.25, 0.3) is 0 Å². The van der Waals surface area contributed by atoms with Gasteiger partial charge in [-0.3, -0.25) is 81.6 Å². The van der Waals surface area contributed by atoms with Gasteiger partial charge in [0, 0.05) is 77.9 Å². The van der Waals surface area contributed by atoms with Gasteiger partial charge in [-0.2, -0.15) is 0 Å². The molecule has 0 spiro atoms. The maximum atomic E-state index is 14.5. The molecule has 0 aromatic carbocycles. The fraction of sp³-hybridized carbons (Fsp3) is 0.805. The molecule has 10 unspecified atom stereocenters. The fourth-order valence-electron chi connectivity index (χ4n) is 15.7. The van der Waals surface area contributed by atoms with E-state index in [-0.39, 0.29) is 87.9 Å². The Kier molecular flexibility index (Phi) is 35.2. The lowest BCUT2D eigenvalue weighted by Crippen LogP contribution is -3.16. The monoisotopic (exact) mass is 1640 g/mol. The first-order valence-corrected chi connectivity index (χ1v) is 42.2. The highest BCUT2D eigenvalue weighted by atomic mass is 16.2. The number of nitrogens with zero attached hydrogens (tertiary/aromatic N) is 4. The van der Waals surface area contributed by atoms with E-state index in [1.54, 1.807) is 39.5 Å². The molecule has 5 aliphatic heterocycles. The van der Waals surface area contributed by atoms with Gasteiger partial charge in [-0.05, 0) is 198 Å². The molecular weight excluding hydrogens is 1490 g/mol. The number of carbonyl (C=O) groups excluding carboxylic acids is 16. The number of hydrogen-bond acceptors (Lipinski definition) is 17. The summed E-state index contributed by atoms with van der Waals surface area (Å²) in [5.41, 5.74) is -11.1. The first-order valence-electron chi connectivity index (χ1n) is 42.2. The number of nitrogens with one attached hydrogen (secondary N) is 14. The highest BCUT2D eigenvalue weighted by molar-refractivity contribution is 6.03. The zero-order chi connectivity index (χ0) is 87.6. The minimum absolute atomic E-state index is 0.0647. The van der Waals surface area contributed by atoms with Crippen molar-refractivity contribution in [1.82, 2.24) is 88.7 Å². The predicted molar refractivity (Wildman–Crippen MR) is 436 cm³/mol. The Morgan fingerprint density at radius 2 is 0.836 bits per heavy atom. The maximum Gasteiger partial charge on any atom is 0.248 e. The molecule has 14 N–H and O–H groups in total. The number of likely N-dealkylation sites (tertiary alicyclic amines) is 3. The first kappa shape index (κ1) is 98.0. The van der Waals surface area contributed by atoms with Crippen LogP contribution in [0.2, 0.25) is 0 Å². The molecule has 0 bridgehead atoms. The zero-order valence-electron chi connectivity index (χ0n) is 73.6. The molecule has 10 atom stereocenters. The summed E-state index contributed by atoms with van der Waals surface area (Å²) in [4.78, 5) is 230. The van der Waals surface area contributed by atoms with Crippen molar-refractivity contribution in [3.63, 3.8) is 0 Å². The minimum Gasteiger partial charge on any atom is -0.354 e. The summed E-state index contributed by atoms with van der Waals surface area (Å²) in [5.74, 6) is -9.70. The molecule has 0 saturated carbocycles. The Bertz CT molecular complexity index is 3560. The average molecular weight is 1640 g/mol. The van der Waals surface area contributed by atoms with Crippen LogP contribution >= 0.6 is 0 Å². The van der Waals surface area contributed by atoms with Crippen LogP contribution in [-0.4, -0.2) is 260 Å². The summed E-state index contributed by atoms with van der Waals surface area (Å²) in [6.45, 7) is 39.4. The third-order valence-electron chi connectivity index (χ3n) is 22.8. The van der Waals surface area contributed by atoms with E-state index in [2.05, 4.69) is 87.9 Å². The summed E-state index contributed by atoms with van der Waals surface area (Å²) in [5, 5.41) is 35.8. The lowest BCUT2D eigenvalue weighted by molar-refractivity contribution is -0.930. The van der Waals surface area contributed by atoms with Gasteiger partial charge in [0.15, 0.2) is 0 Å².